The molecule has 0 N–H and O–H groups in total. The molecule has 0 aliphatic carbocycles. The molecule has 8 nitrogen and oxygen atoms in total. The lowest BCUT2D eigenvalue weighted by Crippen LogP contribution is -2.29. The molecular weight excluding hydrogens is 370 g/mol. The van der Waals surface area contributed by atoms with E-state index in [1.165, 1.54) is 17.6 Å². The van der Waals surface area contributed by atoms with Crippen LogP contribution in [0.5, 0.6) is 17.2 Å². The first kappa shape index (κ1) is 17.3. The van der Waals surface area contributed by atoms with Gasteiger partial charge in [0.25, 0.3) is 5.91 Å². The lowest BCUT2D eigenvalue weighted by Gasteiger charge is -2.22. The van der Waals surface area contributed by atoms with E-state index in [4.69, 9.17) is 18.6 Å². The monoisotopic (exact) mass is 387 g/mol. The van der Waals surface area contributed by atoms with E-state index >= 15 is 0 Å². The van der Waals surface area contributed by atoms with Crippen LogP contribution in [0.25, 0.3) is 0 Å². The molecule has 27 heavy (non-hydrogen) atoms. The highest BCUT2D eigenvalue weighted by Crippen LogP contribution is 2.35. The van der Waals surface area contributed by atoms with Crippen molar-refractivity contribution in [1.29, 1.82) is 0 Å². The predicted octanol–water partition coefficient (Wildman–Crippen LogP) is 3.27. The lowest BCUT2D eigenvalue weighted by atomic mass is 10.2. The van der Waals surface area contributed by atoms with Crippen LogP contribution in [0.3, 0.4) is 0 Å². The molecule has 0 fully saturated rings. The average molecular weight is 387 g/mol. The summed E-state index contributed by atoms with van der Waals surface area (Å²) in [5.41, 5.74) is 1.98. The molecule has 0 unspecified atom stereocenters. The van der Waals surface area contributed by atoms with Gasteiger partial charge < -0.3 is 23.5 Å². The van der Waals surface area contributed by atoms with Crippen LogP contribution in [0, 0.1) is 0 Å². The number of fused-ring (bicyclic) bond motifs is 1. The molecule has 0 radical (unpaired) electrons. The van der Waals surface area contributed by atoms with Crippen LogP contribution in [0.4, 0.5) is 0 Å². The van der Waals surface area contributed by atoms with Crippen LogP contribution in [0.1, 0.15) is 34.2 Å². The number of hydrogen-bond acceptors (Lipinski definition) is 8. The molecular formula is C18H17N3O5S. The molecule has 1 atom stereocenters. The van der Waals surface area contributed by atoms with Gasteiger partial charge in [0.05, 0.1) is 11.6 Å². The van der Waals surface area contributed by atoms with Gasteiger partial charge in [0.1, 0.15) is 12.0 Å². The zero-order valence-electron chi connectivity index (χ0n) is 14.7. The summed E-state index contributed by atoms with van der Waals surface area (Å²) >= 11 is 1.50. The van der Waals surface area contributed by atoms with E-state index in [1.807, 2.05) is 6.92 Å². The van der Waals surface area contributed by atoms with E-state index < -0.39 is 0 Å². The second-order valence-electron chi connectivity index (χ2n) is 5.93. The Bertz CT molecular complexity index is 940. The fourth-order valence-electron chi connectivity index (χ4n) is 2.57. The van der Waals surface area contributed by atoms with Crippen LogP contribution < -0.4 is 14.2 Å². The minimum absolute atomic E-state index is 0.0983. The van der Waals surface area contributed by atoms with Crippen molar-refractivity contribution in [2.24, 2.45) is 0 Å². The summed E-state index contributed by atoms with van der Waals surface area (Å²) < 4.78 is 21.6. The summed E-state index contributed by atoms with van der Waals surface area (Å²) in [6.07, 6.45) is 3.10. The van der Waals surface area contributed by atoms with Crippen molar-refractivity contribution in [1.82, 2.24) is 14.9 Å². The number of thiazole rings is 1. The minimum Gasteiger partial charge on any atom is -0.484 e. The predicted molar refractivity (Wildman–Crippen MR) is 96.0 cm³/mol. The van der Waals surface area contributed by atoms with Gasteiger partial charge in [0.2, 0.25) is 12.7 Å². The molecule has 2 aromatic heterocycles. The van der Waals surface area contributed by atoms with Crippen LogP contribution in [0.2, 0.25) is 0 Å². The number of nitrogens with zero attached hydrogens (tertiary/aromatic N) is 3. The van der Waals surface area contributed by atoms with Crippen molar-refractivity contribution >= 4 is 17.2 Å². The molecule has 4 rings (SSSR count). The maximum atomic E-state index is 12.6. The Hall–Kier alpha value is -3.07. The molecule has 0 saturated heterocycles. The second kappa shape index (κ2) is 7.28. The van der Waals surface area contributed by atoms with E-state index in [2.05, 4.69) is 9.97 Å². The molecule has 0 spiro atoms. The highest BCUT2D eigenvalue weighted by atomic mass is 32.1. The SMILES string of the molecule is C[C@@H](c1cncs1)N(C)C(=O)c1coc(COc2ccc3c(c2)OCO3)n1. The first-order chi connectivity index (χ1) is 13.1. The summed E-state index contributed by atoms with van der Waals surface area (Å²) in [4.78, 5) is 23.5. The Balaban J connectivity index is 1.38. The van der Waals surface area contributed by atoms with E-state index in [0.29, 0.717) is 23.1 Å². The third-order valence-corrected chi connectivity index (χ3v) is 5.19. The van der Waals surface area contributed by atoms with Gasteiger partial charge >= 0.3 is 0 Å². The van der Waals surface area contributed by atoms with Gasteiger partial charge in [-0.1, -0.05) is 0 Å². The van der Waals surface area contributed by atoms with Crippen molar-refractivity contribution in [2.75, 3.05) is 13.8 Å². The van der Waals surface area contributed by atoms with E-state index in [9.17, 15) is 4.79 Å². The topological polar surface area (TPSA) is 86.9 Å². The lowest BCUT2D eigenvalue weighted by molar-refractivity contribution is 0.0738. The number of oxazole rings is 1. The molecule has 3 aromatic rings. The number of carbonyl (C=O) groups excluding carboxylic acids is 1. The first-order valence-electron chi connectivity index (χ1n) is 8.24. The zero-order valence-corrected chi connectivity index (χ0v) is 15.6. The van der Waals surface area contributed by atoms with Gasteiger partial charge in [-0.15, -0.1) is 11.3 Å². The largest absolute Gasteiger partial charge is 0.484 e. The number of aromatic nitrogens is 2. The van der Waals surface area contributed by atoms with E-state index in [1.54, 1.807) is 41.9 Å². The molecule has 140 valence electrons. The Morgan fingerprint density at radius 1 is 1.37 bits per heavy atom. The standard InChI is InChI=1S/C18H17N3O5S/c1-11(16-6-19-9-27-16)21(2)18(22)13-7-24-17(20-13)8-23-12-3-4-14-15(5-12)26-10-25-14/h3-7,9,11H,8,10H2,1-2H3/t11-/m0/s1. The molecule has 1 amide bonds. The van der Waals surface area contributed by atoms with Gasteiger partial charge in [0, 0.05) is 24.2 Å². The molecule has 1 aliphatic heterocycles. The Morgan fingerprint density at radius 2 is 2.22 bits per heavy atom. The summed E-state index contributed by atoms with van der Waals surface area (Å²) in [6, 6.07) is 5.18. The Morgan fingerprint density at radius 3 is 3.04 bits per heavy atom. The Labute approximate surface area is 159 Å². The van der Waals surface area contributed by atoms with Crippen LogP contribution >= 0.6 is 11.3 Å². The van der Waals surface area contributed by atoms with Crippen molar-refractivity contribution < 1.29 is 23.4 Å². The number of benzene rings is 1. The molecule has 3 heterocycles. The van der Waals surface area contributed by atoms with Crippen LogP contribution in [0.15, 0.2) is 40.6 Å². The molecule has 1 aliphatic rings. The van der Waals surface area contributed by atoms with Gasteiger partial charge in [-0.2, -0.15) is 0 Å². The molecule has 0 saturated carbocycles. The summed E-state index contributed by atoms with van der Waals surface area (Å²) in [5.74, 6) is 2.00. The van der Waals surface area contributed by atoms with Gasteiger partial charge in [0.15, 0.2) is 23.8 Å². The zero-order chi connectivity index (χ0) is 18.8. The Kier molecular flexibility index (Phi) is 4.68. The number of amides is 1. The quantitative estimate of drug-likeness (QED) is 0.641. The summed E-state index contributed by atoms with van der Waals surface area (Å²) in [7, 11) is 1.73. The van der Waals surface area contributed by atoms with Crippen LogP contribution in [-0.4, -0.2) is 34.6 Å². The minimum atomic E-state index is -0.228. The third kappa shape index (κ3) is 3.59. The number of ether oxygens (including phenoxy) is 3. The van der Waals surface area contributed by atoms with Crippen LogP contribution in [-0.2, 0) is 6.61 Å². The average Bonchev–Trinajstić information content (AvgIpc) is 3.45. The fourth-order valence-corrected chi connectivity index (χ4v) is 3.29. The van der Waals surface area contributed by atoms with E-state index in [-0.39, 0.29) is 31.0 Å². The number of carbonyl (C=O) groups is 1. The van der Waals surface area contributed by atoms with Gasteiger partial charge in [-0.3, -0.25) is 9.78 Å². The van der Waals surface area contributed by atoms with Crippen molar-refractivity contribution in [3.8, 4) is 17.2 Å². The van der Waals surface area contributed by atoms with Gasteiger partial charge in [-0.25, -0.2) is 4.98 Å². The number of hydrogen-bond donors (Lipinski definition) is 0. The molecule has 1 aromatic carbocycles. The van der Waals surface area contributed by atoms with Crippen molar-refractivity contribution in [3.63, 3.8) is 0 Å². The second-order valence-corrected chi connectivity index (χ2v) is 6.84. The summed E-state index contributed by atoms with van der Waals surface area (Å²) in [6.45, 7) is 2.24. The highest BCUT2D eigenvalue weighted by Gasteiger charge is 2.23. The number of rotatable bonds is 6. The summed E-state index contributed by atoms with van der Waals surface area (Å²) in [5, 5.41) is 0. The fraction of sp³-hybridized carbons (Fsp3) is 0.278. The third-order valence-electron chi connectivity index (χ3n) is 4.24. The van der Waals surface area contributed by atoms with Gasteiger partial charge in [-0.05, 0) is 19.1 Å². The maximum Gasteiger partial charge on any atom is 0.276 e. The molecule has 0 bridgehead atoms. The molecule has 9 heteroatoms. The normalized spacial score (nSPS) is 13.4. The first-order valence-corrected chi connectivity index (χ1v) is 9.12. The smallest absolute Gasteiger partial charge is 0.276 e. The maximum absolute atomic E-state index is 12.6. The van der Waals surface area contributed by atoms with Crippen molar-refractivity contribution in [2.45, 2.75) is 19.6 Å². The van der Waals surface area contributed by atoms with Crippen molar-refractivity contribution in [3.05, 3.63) is 52.6 Å². The highest BCUT2D eigenvalue weighted by molar-refractivity contribution is 7.09. The van der Waals surface area contributed by atoms with E-state index in [0.717, 1.165) is 4.88 Å².